The maximum Gasteiger partial charge on any atom is 0.491 e. The summed E-state index contributed by atoms with van der Waals surface area (Å²) < 4.78 is 13.9. The molecule has 0 amide bonds. The number of benzene rings is 1. The monoisotopic (exact) mass is 409 g/mol. The molecule has 0 radical (unpaired) electrons. The molecular weight excluding hydrogens is 389 g/mol. The van der Waals surface area contributed by atoms with Gasteiger partial charge in [-0.05, 0) is 50.9 Å². The van der Waals surface area contributed by atoms with Gasteiger partial charge in [-0.3, -0.25) is 4.79 Å². The SMILES string of the molecule is CC(=O)SCC(=Cc1ccc2nc(Cl)sc2c1)B1OC(C)(C)C(C)(C)O1. The van der Waals surface area contributed by atoms with E-state index in [0.717, 1.165) is 21.3 Å². The van der Waals surface area contributed by atoms with Gasteiger partial charge in [-0.2, -0.15) is 0 Å². The smallest absolute Gasteiger partial charge is 0.400 e. The quantitative estimate of drug-likeness (QED) is 0.646. The molecule has 3 rings (SSSR count). The van der Waals surface area contributed by atoms with E-state index < -0.39 is 18.3 Å². The molecule has 1 aromatic heterocycles. The molecule has 4 nitrogen and oxygen atoms in total. The average molecular weight is 410 g/mol. The van der Waals surface area contributed by atoms with Crippen LogP contribution in [0.4, 0.5) is 0 Å². The Kier molecular flexibility index (Phi) is 5.57. The number of hydrogen-bond acceptors (Lipinski definition) is 6. The molecule has 1 aliphatic heterocycles. The number of rotatable bonds is 4. The zero-order chi connectivity index (χ0) is 19.1. The Bertz CT molecular complexity index is 862. The van der Waals surface area contributed by atoms with Gasteiger partial charge in [-0.15, -0.1) is 11.3 Å². The van der Waals surface area contributed by atoms with E-state index in [1.165, 1.54) is 23.1 Å². The summed E-state index contributed by atoms with van der Waals surface area (Å²) in [7, 11) is -0.479. The van der Waals surface area contributed by atoms with Gasteiger partial charge in [0.25, 0.3) is 0 Å². The second kappa shape index (κ2) is 7.28. The topological polar surface area (TPSA) is 48.4 Å². The number of thioether (sulfide) groups is 1. The van der Waals surface area contributed by atoms with Gasteiger partial charge in [0, 0.05) is 12.7 Å². The Morgan fingerprint density at radius 3 is 2.58 bits per heavy atom. The molecule has 1 fully saturated rings. The van der Waals surface area contributed by atoms with Crippen LogP contribution >= 0.6 is 34.7 Å². The summed E-state index contributed by atoms with van der Waals surface area (Å²) in [6, 6.07) is 5.98. The largest absolute Gasteiger partial charge is 0.491 e. The second-order valence-electron chi connectivity index (χ2n) is 7.28. The molecule has 0 bridgehead atoms. The van der Waals surface area contributed by atoms with Crippen molar-refractivity contribution in [1.82, 2.24) is 4.98 Å². The van der Waals surface area contributed by atoms with Crippen LogP contribution in [0, 0.1) is 0 Å². The molecule has 1 saturated heterocycles. The fraction of sp³-hybridized carbons (Fsp3) is 0.444. The Hall–Kier alpha value is -0.855. The fourth-order valence-electron chi connectivity index (χ4n) is 2.57. The first-order chi connectivity index (χ1) is 12.1. The predicted molar refractivity (Wildman–Crippen MR) is 112 cm³/mol. The first kappa shape index (κ1) is 19.9. The normalized spacial score (nSPS) is 19.3. The molecular formula is C18H21BClNO3S2. The molecule has 0 saturated carbocycles. The number of halogens is 1. The van der Waals surface area contributed by atoms with E-state index >= 15 is 0 Å². The van der Waals surface area contributed by atoms with Crippen molar-refractivity contribution in [3.63, 3.8) is 0 Å². The summed E-state index contributed by atoms with van der Waals surface area (Å²) in [6.45, 7) is 9.66. The molecule has 0 spiro atoms. The van der Waals surface area contributed by atoms with E-state index in [4.69, 9.17) is 20.9 Å². The lowest BCUT2D eigenvalue weighted by Gasteiger charge is -2.32. The highest BCUT2D eigenvalue weighted by Gasteiger charge is 2.52. The molecule has 138 valence electrons. The number of carbonyl (C=O) groups is 1. The number of fused-ring (bicyclic) bond motifs is 1. The first-order valence-corrected chi connectivity index (χ1v) is 10.5. The van der Waals surface area contributed by atoms with E-state index in [9.17, 15) is 4.79 Å². The molecule has 0 atom stereocenters. The molecule has 8 heteroatoms. The number of thiazole rings is 1. The Morgan fingerprint density at radius 1 is 1.31 bits per heavy atom. The third-order valence-corrected chi connectivity index (χ3v) is 6.74. The summed E-state index contributed by atoms with van der Waals surface area (Å²) in [6.07, 6.45) is 2.03. The van der Waals surface area contributed by atoms with Gasteiger partial charge in [0.05, 0.1) is 21.4 Å². The maximum atomic E-state index is 11.5. The molecule has 0 unspecified atom stereocenters. The van der Waals surface area contributed by atoms with Crippen LogP contribution in [0.5, 0.6) is 0 Å². The van der Waals surface area contributed by atoms with E-state index in [1.807, 2.05) is 52.0 Å². The van der Waals surface area contributed by atoms with Gasteiger partial charge in [0.15, 0.2) is 9.58 Å². The highest BCUT2D eigenvalue weighted by Crippen LogP contribution is 2.39. The average Bonchev–Trinajstić information content (AvgIpc) is 2.98. The minimum atomic E-state index is -0.479. The van der Waals surface area contributed by atoms with Crippen LogP contribution in [0.2, 0.25) is 4.47 Å². The van der Waals surface area contributed by atoms with E-state index in [1.54, 1.807) is 6.92 Å². The van der Waals surface area contributed by atoms with Gasteiger partial charge >= 0.3 is 7.12 Å². The van der Waals surface area contributed by atoms with Gasteiger partial charge in [0.1, 0.15) is 0 Å². The van der Waals surface area contributed by atoms with E-state index in [0.29, 0.717) is 10.2 Å². The van der Waals surface area contributed by atoms with Crippen molar-refractivity contribution in [3.8, 4) is 0 Å². The van der Waals surface area contributed by atoms with Crippen LogP contribution in [-0.2, 0) is 14.1 Å². The van der Waals surface area contributed by atoms with Gasteiger partial charge in [-0.1, -0.05) is 35.5 Å². The van der Waals surface area contributed by atoms with Crippen LogP contribution in [-0.4, -0.2) is 34.2 Å². The predicted octanol–water partition coefficient (Wildman–Crippen LogP) is 5.24. The van der Waals surface area contributed by atoms with Gasteiger partial charge in [-0.25, -0.2) is 4.98 Å². The maximum absolute atomic E-state index is 11.5. The standard InChI is InChI=1S/C18H21BClNO3S2/c1-11(22)25-10-13(19-23-17(2,3)18(4,5)24-19)8-12-6-7-14-15(9-12)26-16(20)21-14/h6-9H,10H2,1-5H3. The summed E-state index contributed by atoms with van der Waals surface area (Å²) in [4.78, 5) is 15.8. The van der Waals surface area contributed by atoms with Crippen molar-refractivity contribution >= 4 is 63.2 Å². The number of carbonyl (C=O) groups excluding carboxylic acids is 1. The zero-order valence-electron chi connectivity index (χ0n) is 15.5. The first-order valence-electron chi connectivity index (χ1n) is 8.33. The third-order valence-electron chi connectivity index (χ3n) is 4.74. The van der Waals surface area contributed by atoms with Crippen molar-refractivity contribution in [1.29, 1.82) is 0 Å². The molecule has 2 aromatic rings. The Labute approximate surface area is 167 Å². The zero-order valence-corrected chi connectivity index (χ0v) is 17.8. The Morgan fingerprint density at radius 2 is 1.96 bits per heavy atom. The van der Waals surface area contributed by atoms with Crippen LogP contribution in [0.25, 0.3) is 16.3 Å². The number of nitrogens with zero attached hydrogens (tertiary/aromatic N) is 1. The lowest BCUT2D eigenvalue weighted by molar-refractivity contribution is -0.109. The van der Waals surface area contributed by atoms with Crippen LogP contribution in [0.1, 0.15) is 40.2 Å². The molecule has 1 aliphatic rings. The molecule has 1 aromatic carbocycles. The lowest BCUT2D eigenvalue weighted by Crippen LogP contribution is -2.41. The molecule has 26 heavy (non-hydrogen) atoms. The third kappa shape index (κ3) is 4.17. The fourth-order valence-corrected chi connectivity index (χ4v) is 4.24. The minimum absolute atomic E-state index is 0.0668. The number of aromatic nitrogens is 1. The van der Waals surface area contributed by atoms with Crippen molar-refractivity contribution in [2.75, 3.05) is 5.75 Å². The molecule has 0 aliphatic carbocycles. The lowest BCUT2D eigenvalue weighted by atomic mass is 9.78. The highest BCUT2D eigenvalue weighted by molar-refractivity contribution is 8.13. The summed E-state index contributed by atoms with van der Waals surface area (Å²) in [5.74, 6) is 0.521. The van der Waals surface area contributed by atoms with Crippen LogP contribution in [0.3, 0.4) is 0 Å². The van der Waals surface area contributed by atoms with Gasteiger partial charge < -0.3 is 9.31 Å². The van der Waals surface area contributed by atoms with Crippen molar-refractivity contribution < 1.29 is 14.1 Å². The van der Waals surface area contributed by atoms with Crippen LogP contribution < -0.4 is 0 Å². The number of hydrogen-bond donors (Lipinski definition) is 0. The second-order valence-corrected chi connectivity index (χ2v) is 10.0. The summed E-state index contributed by atoms with van der Waals surface area (Å²) in [5.41, 5.74) is 1.97. The summed E-state index contributed by atoms with van der Waals surface area (Å²) in [5, 5.41) is 0.0668. The van der Waals surface area contributed by atoms with Gasteiger partial charge in [0.2, 0.25) is 0 Å². The Balaban J connectivity index is 1.94. The molecule has 0 N–H and O–H groups in total. The van der Waals surface area contributed by atoms with Crippen molar-refractivity contribution in [2.24, 2.45) is 0 Å². The highest BCUT2D eigenvalue weighted by atomic mass is 35.5. The van der Waals surface area contributed by atoms with Crippen molar-refractivity contribution in [2.45, 2.75) is 45.8 Å². The summed E-state index contributed by atoms with van der Waals surface area (Å²) >= 11 is 8.71. The minimum Gasteiger partial charge on any atom is -0.400 e. The van der Waals surface area contributed by atoms with E-state index in [2.05, 4.69) is 4.98 Å². The van der Waals surface area contributed by atoms with Crippen molar-refractivity contribution in [3.05, 3.63) is 33.7 Å². The molecule has 2 heterocycles. The van der Waals surface area contributed by atoms with E-state index in [-0.39, 0.29) is 5.12 Å². The van der Waals surface area contributed by atoms with Crippen LogP contribution in [0.15, 0.2) is 23.7 Å².